The molecule has 0 spiro atoms. The van der Waals surface area contributed by atoms with E-state index in [1.165, 1.54) is 13.5 Å². The average molecular weight is 229 g/mol. The summed E-state index contributed by atoms with van der Waals surface area (Å²) in [6, 6.07) is 0. The van der Waals surface area contributed by atoms with Crippen molar-refractivity contribution in [1.82, 2.24) is 5.32 Å². The Morgan fingerprint density at radius 3 is 2.94 bits per heavy atom. The number of hydrogen-bond acceptors (Lipinski definition) is 4. The number of esters is 1. The highest BCUT2D eigenvalue weighted by atomic mass is 16.5. The molecule has 0 amide bonds. The summed E-state index contributed by atoms with van der Waals surface area (Å²) in [6.07, 6.45) is 3.99. The van der Waals surface area contributed by atoms with Crippen molar-refractivity contribution >= 4 is 5.97 Å². The van der Waals surface area contributed by atoms with Crippen LogP contribution in [0.25, 0.3) is 0 Å². The van der Waals surface area contributed by atoms with Crippen molar-refractivity contribution in [3.05, 3.63) is 0 Å². The molecule has 1 aliphatic rings. The Bertz CT molecular complexity index is 220. The molecule has 0 aliphatic heterocycles. The minimum absolute atomic E-state index is 0.0986. The van der Waals surface area contributed by atoms with Gasteiger partial charge in [0.1, 0.15) is 0 Å². The fraction of sp³-hybridized carbons (Fsp3) is 0.917. The summed E-state index contributed by atoms with van der Waals surface area (Å²) in [6.45, 7) is 3.40. The summed E-state index contributed by atoms with van der Waals surface area (Å²) in [5, 5.41) is 12.8. The molecule has 2 N–H and O–H groups in total. The van der Waals surface area contributed by atoms with Gasteiger partial charge in [0.15, 0.2) is 0 Å². The Kier molecular flexibility index (Phi) is 5.77. The molecule has 0 aromatic carbocycles. The van der Waals surface area contributed by atoms with Crippen LogP contribution in [-0.4, -0.2) is 37.4 Å². The smallest absolute Gasteiger partial charge is 0.309 e. The summed E-state index contributed by atoms with van der Waals surface area (Å²) in [5.41, 5.74) is 0. The molecule has 0 aromatic rings. The number of rotatable bonds is 5. The van der Waals surface area contributed by atoms with Gasteiger partial charge in [-0.1, -0.05) is 13.3 Å². The quantitative estimate of drug-likeness (QED) is 0.689. The third-order valence-corrected chi connectivity index (χ3v) is 3.24. The number of aliphatic hydroxyl groups excluding tert-OH is 1. The standard InChI is InChI=1S/C12H23NO3/c1-9(12(15)16-2)7-13-8-10-4-3-5-11(14)6-10/h9-11,13-14H,3-8H2,1-2H3. The summed E-state index contributed by atoms with van der Waals surface area (Å²) in [5.74, 6) is 0.281. The van der Waals surface area contributed by atoms with Gasteiger partial charge in [-0.25, -0.2) is 0 Å². The van der Waals surface area contributed by atoms with Gasteiger partial charge in [-0.15, -0.1) is 0 Å². The zero-order valence-corrected chi connectivity index (χ0v) is 10.2. The minimum Gasteiger partial charge on any atom is -0.469 e. The number of ether oxygens (including phenoxy) is 1. The maximum atomic E-state index is 11.1. The Hall–Kier alpha value is -0.610. The molecule has 3 unspecified atom stereocenters. The second-order valence-corrected chi connectivity index (χ2v) is 4.77. The van der Waals surface area contributed by atoms with Crippen molar-refractivity contribution in [2.24, 2.45) is 11.8 Å². The first-order chi connectivity index (χ1) is 7.63. The molecule has 3 atom stereocenters. The Balaban J connectivity index is 2.12. The van der Waals surface area contributed by atoms with Crippen LogP contribution in [0.5, 0.6) is 0 Å². The SMILES string of the molecule is COC(=O)C(C)CNCC1CCCC(O)C1. The van der Waals surface area contributed by atoms with Gasteiger partial charge in [0, 0.05) is 6.54 Å². The van der Waals surface area contributed by atoms with Gasteiger partial charge in [0.25, 0.3) is 0 Å². The van der Waals surface area contributed by atoms with Gasteiger partial charge in [-0.05, 0) is 31.7 Å². The van der Waals surface area contributed by atoms with Crippen molar-refractivity contribution in [3.8, 4) is 0 Å². The molecule has 16 heavy (non-hydrogen) atoms. The molecule has 0 radical (unpaired) electrons. The monoisotopic (exact) mass is 229 g/mol. The zero-order chi connectivity index (χ0) is 12.0. The average Bonchev–Trinajstić information content (AvgIpc) is 2.28. The lowest BCUT2D eigenvalue weighted by Crippen LogP contribution is -2.33. The third-order valence-electron chi connectivity index (χ3n) is 3.24. The van der Waals surface area contributed by atoms with Crippen molar-refractivity contribution in [1.29, 1.82) is 0 Å². The van der Waals surface area contributed by atoms with E-state index in [4.69, 9.17) is 0 Å². The third kappa shape index (κ3) is 4.49. The van der Waals surface area contributed by atoms with E-state index in [9.17, 15) is 9.90 Å². The molecule has 1 rings (SSSR count). The molecule has 4 heteroatoms. The zero-order valence-electron chi connectivity index (χ0n) is 10.2. The topological polar surface area (TPSA) is 58.6 Å². The molecule has 0 aromatic heterocycles. The van der Waals surface area contributed by atoms with Gasteiger partial charge in [0.05, 0.1) is 19.1 Å². The minimum atomic E-state index is -0.170. The highest BCUT2D eigenvalue weighted by molar-refractivity contribution is 5.71. The van der Waals surface area contributed by atoms with Crippen LogP contribution < -0.4 is 5.32 Å². The van der Waals surface area contributed by atoms with Crippen molar-refractivity contribution in [2.45, 2.75) is 38.7 Å². The number of hydrogen-bond donors (Lipinski definition) is 2. The van der Waals surface area contributed by atoms with Crippen LogP contribution in [0.4, 0.5) is 0 Å². The lowest BCUT2D eigenvalue weighted by molar-refractivity contribution is -0.144. The van der Waals surface area contributed by atoms with E-state index in [0.717, 1.165) is 25.8 Å². The highest BCUT2D eigenvalue weighted by Gasteiger charge is 2.20. The van der Waals surface area contributed by atoms with Gasteiger partial charge in [0.2, 0.25) is 0 Å². The van der Waals surface area contributed by atoms with E-state index in [1.807, 2.05) is 6.92 Å². The predicted molar refractivity (Wildman–Crippen MR) is 62.0 cm³/mol. The van der Waals surface area contributed by atoms with Crippen LogP contribution in [0, 0.1) is 11.8 Å². The second-order valence-electron chi connectivity index (χ2n) is 4.77. The first-order valence-electron chi connectivity index (χ1n) is 6.10. The molecule has 0 bridgehead atoms. The molecular formula is C12H23NO3. The van der Waals surface area contributed by atoms with Gasteiger partial charge in [-0.2, -0.15) is 0 Å². The van der Waals surface area contributed by atoms with Crippen LogP contribution in [0.1, 0.15) is 32.6 Å². The molecule has 1 saturated carbocycles. The van der Waals surface area contributed by atoms with Gasteiger partial charge in [-0.3, -0.25) is 4.79 Å². The molecule has 0 saturated heterocycles. The van der Waals surface area contributed by atoms with Crippen LogP contribution in [0.2, 0.25) is 0 Å². The second kappa shape index (κ2) is 6.86. The molecule has 4 nitrogen and oxygen atoms in total. The maximum Gasteiger partial charge on any atom is 0.309 e. The summed E-state index contributed by atoms with van der Waals surface area (Å²) < 4.78 is 4.65. The first kappa shape index (κ1) is 13.5. The first-order valence-corrected chi connectivity index (χ1v) is 6.10. The number of aliphatic hydroxyl groups is 1. The summed E-state index contributed by atoms with van der Waals surface area (Å²) >= 11 is 0. The molecule has 0 heterocycles. The Morgan fingerprint density at radius 2 is 2.31 bits per heavy atom. The van der Waals surface area contributed by atoms with Gasteiger partial charge >= 0.3 is 5.97 Å². The highest BCUT2D eigenvalue weighted by Crippen LogP contribution is 2.23. The van der Waals surface area contributed by atoms with E-state index in [-0.39, 0.29) is 18.0 Å². The van der Waals surface area contributed by atoms with Crippen LogP contribution >= 0.6 is 0 Å². The fourth-order valence-electron chi connectivity index (χ4n) is 2.24. The van der Waals surface area contributed by atoms with E-state index in [1.54, 1.807) is 0 Å². The van der Waals surface area contributed by atoms with Crippen LogP contribution in [0.15, 0.2) is 0 Å². The van der Waals surface area contributed by atoms with E-state index in [0.29, 0.717) is 12.5 Å². The molecule has 94 valence electrons. The number of carbonyl (C=O) groups is 1. The number of methoxy groups -OCH3 is 1. The molecular weight excluding hydrogens is 206 g/mol. The summed E-state index contributed by atoms with van der Waals surface area (Å²) in [4.78, 5) is 11.1. The van der Waals surface area contributed by atoms with E-state index >= 15 is 0 Å². The lowest BCUT2D eigenvalue weighted by Gasteiger charge is -2.26. The van der Waals surface area contributed by atoms with E-state index < -0.39 is 0 Å². The van der Waals surface area contributed by atoms with Crippen molar-refractivity contribution < 1.29 is 14.6 Å². The molecule has 1 fully saturated rings. The Labute approximate surface area is 97.4 Å². The molecule has 1 aliphatic carbocycles. The van der Waals surface area contributed by atoms with Crippen LogP contribution in [0.3, 0.4) is 0 Å². The van der Waals surface area contributed by atoms with Crippen molar-refractivity contribution in [2.75, 3.05) is 20.2 Å². The van der Waals surface area contributed by atoms with Gasteiger partial charge < -0.3 is 15.2 Å². The predicted octanol–water partition coefficient (Wildman–Crippen LogP) is 0.936. The Morgan fingerprint density at radius 1 is 1.56 bits per heavy atom. The maximum absolute atomic E-state index is 11.1. The lowest BCUT2D eigenvalue weighted by atomic mass is 9.87. The van der Waals surface area contributed by atoms with E-state index in [2.05, 4.69) is 10.1 Å². The normalized spacial score (nSPS) is 27.4. The summed E-state index contributed by atoms with van der Waals surface area (Å²) in [7, 11) is 1.41. The fourth-order valence-corrected chi connectivity index (χ4v) is 2.24. The van der Waals surface area contributed by atoms with Crippen molar-refractivity contribution in [3.63, 3.8) is 0 Å². The van der Waals surface area contributed by atoms with Crippen LogP contribution in [-0.2, 0) is 9.53 Å². The largest absolute Gasteiger partial charge is 0.469 e. The number of nitrogens with one attached hydrogen (secondary N) is 1. The number of carbonyl (C=O) groups excluding carboxylic acids is 1.